The van der Waals surface area contributed by atoms with Crippen LogP contribution in [0.15, 0.2) is 30.3 Å². The molecular formula is C16H27ClSi. The lowest BCUT2D eigenvalue weighted by atomic mass is 10.1. The van der Waals surface area contributed by atoms with Crippen molar-refractivity contribution in [1.82, 2.24) is 0 Å². The molecule has 1 rings (SSSR count). The third kappa shape index (κ3) is 8.76. The number of rotatable bonds is 9. The monoisotopic (exact) mass is 282 g/mol. The van der Waals surface area contributed by atoms with E-state index >= 15 is 0 Å². The summed E-state index contributed by atoms with van der Waals surface area (Å²) in [7, 11) is -1.30. The Morgan fingerprint density at radius 1 is 0.833 bits per heavy atom. The van der Waals surface area contributed by atoms with Crippen LogP contribution in [-0.4, -0.2) is 7.38 Å². The fraction of sp³-hybridized carbons (Fsp3) is 0.625. The van der Waals surface area contributed by atoms with Crippen molar-refractivity contribution in [3.05, 3.63) is 35.9 Å². The molecule has 0 heterocycles. The molecule has 0 N–H and O–H groups in total. The highest BCUT2D eigenvalue weighted by Crippen LogP contribution is 2.19. The average Bonchev–Trinajstić information content (AvgIpc) is 2.32. The summed E-state index contributed by atoms with van der Waals surface area (Å²) in [5.41, 5.74) is 1.48. The first-order valence-corrected chi connectivity index (χ1v) is 11.5. The Hall–Kier alpha value is -0.273. The third-order valence-corrected chi connectivity index (χ3v) is 5.44. The van der Waals surface area contributed by atoms with Crippen LogP contribution >= 0.6 is 11.1 Å². The zero-order chi connectivity index (χ0) is 13.3. The van der Waals surface area contributed by atoms with Crippen molar-refractivity contribution in [3.63, 3.8) is 0 Å². The molecule has 2 heteroatoms. The molecule has 0 aliphatic heterocycles. The maximum Gasteiger partial charge on any atom is 0.150 e. The SMILES string of the molecule is C[Si](C)(Cl)CCCCCCCCc1ccccc1. The second kappa shape index (κ2) is 8.76. The Labute approximate surface area is 118 Å². The molecule has 0 bridgehead atoms. The molecule has 1 aromatic rings. The molecule has 0 atom stereocenters. The van der Waals surface area contributed by atoms with Crippen molar-refractivity contribution >= 4 is 18.5 Å². The van der Waals surface area contributed by atoms with Crippen molar-refractivity contribution in [2.45, 2.75) is 64.1 Å². The standard InChI is InChI=1S/C16H27ClSi/c1-18(2,17)15-11-6-4-3-5-8-12-16-13-9-7-10-14-16/h7,9-10,13-14H,3-6,8,11-12,15H2,1-2H3. The van der Waals surface area contributed by atoms with Gasteiger partial charge in [0.1, 0.15) is 7.38 Å². The highest BCUT2D eigenvalue weighted by atomic mass is 35.6. The van der Waals surface area contributed by atoms with Gasteiger partial charge in [0.2, 0.25) is 0 Å². The van der Waals surface area contributed by atoms with Crippen molar-refractivity contribution < 1.29 is 0 Å². The number of hydrogen-bond acceptors (Lipinski definition) is 0. The van der Waals surface area contributed by atoms with Crippen LogP contribution in [0.4, 0.5) is 0 Å². The Bertz CT molecular complexity index is 303. The van der Waals surface area contributed by atoms with Gasteiger partial charge in [0.05, 0.1) is 0 Å². The van der Waals surface area contributed by atoms with E-state index in [4.69, 9.17) is 11.1 Å². The van der Waals surface area contributed by atoms with E-state index in [9.17, 15) is 0 Å². The van der Waals surface area contributed by atoms with Crippen molar-refractivity contribution in [2.75, 3.05) is 0 Å². The molecule has 0 aliphatic carbocycles. The summed E-state index contributed by atoms with van der Waals surface area (Å²) in [5, 5.41) is 0. The van der Waals surface area contributed by atoms with Crippen LogP contribution in [0.5, 0.6) is 0 Å². The predicted molar refractivity (Wildman–Crippen MR) is 86.0 cm³/mol. The maximum absolute atomic E-state index is 6.30. The summed E-state index contributed by atoms with van der Waals surface area (Å²) in [6.45, 7) is 4.49. The van der Waals surface area contributed by atoms with Gasteiger partial charge < -0.3 is 0 Å². The molecule has 0 aliphatic rings. The quantitative estimate of drug-likeness (QED) is 0.295. The minimum absolute atomic E-state index is 1.24. The van der Waals surface area contributed by atoms with Gasteiger partial charge in [-0.1, -0.05) is 75.5 Å². The zero-order valence-electron chi connectivity index (χ0n) is 11.9. The van der Waals surface area contributed by atoms with Gasteiger partial charge in [-0.3, -0.25) is 0 Å². The van der Waals surface area contributed by atoms with E-state index in [0.29, 0.717) is 0 Å². The van der Waals surface area contributed by atoms with Gasteiger partial charge >= 0.3 is 0 Å². The molecule has 18 heavy (non-hydrogen) atoms. The number of hydrogen-bond donors (Lipinski definition) is 0. The molecule has 0 saturated carbocycles. The van der Waals surface area contributed by atoms with Gasteiger partial charge in [-0.15, -0.1) is 0 Å². The van der Waals surface area contributed by atoms with E-state index in [1.54, 1.807) is 0 Å². The normalized spacial score (nSPS) is 11.7. The van der Waals surface area contributed by atoms with E-state index < -0.39 is 7.38 Å². The lowest BCUT2D eigenvalue weighted by molar-refractivity contribution is 0.606. The summed E-state index contributed by atoms with van der Waals surface area (Å²) in [4.78, 5) is 0. The van der Waals surface area contributed by atoms with Crippen LogP contribution < -0.4 is 0 Å². The molecule has 0 amide bonds. The summed E-state index contributed by atoms with van der Waals surface area (Å²) in [6.07, 6.45) is 9.42. The third-order valence-electron chi connectivity index (χ3n) is 3.33. The van der Waals surface area contributed by atoms with E-state index in [2.05, 4.69) is 43.4 Å². The van der Waals surface area contributed by atoms with Crippen LogP contribution in [0, 0.1) is 0 Å². The fourth-order valence-corrected chi connectivity index (χ4v) is 3.72. The second-order valence-electron chi connectivity index (χ2n) is 5.83. The Kier molecular flexibility index (Phi) is 7.68. The minimum atomic E-state index is -1.30. The van der Waals surface area contributed by atoms with Crippen LogP contribution in [0.3, 0.4) is 0 Å². The highest BCUT2D eigenvalue weighted by molar-refractivity contribution is 7.19. The lowest BCUT2D eigenvalue weighted by Crippen LogP contribution is -2.14. The van der Waals surface area contributed by atoms with Crippen molar-refractivity contribution in [3.8, 4) is 0 Å². The average molecular weight is 283 g/mol. The number of aryl methyl sites for hydroxylation is 1. The lowest BCUT2D eigenvalue weighted by Gasteiger charge is -2.11. The number of halogens is 1. The van der Waals surface area contributed by atoms with Crippen molar-refractivity contribution in [1.29, 1.82) is 0 Å². The molecule has 0 radical (unpaired) electrons. The van der Waals surface area contributed by atoms with Gasteiger partial charge in [-0.25, -0.2) is 0 Å². The maximum atomic E-state index is 6.30. The molecular weight excluding hydrogens is 256 g/mol. The van der Waals surface area contributed by atoms with E-state index in [1.807, 2.05) is 0 Å². The molecule has 0 nitrogen and oxygen atoms in total. The van der Waals surface area contributed by atoms with E-state index in [-0.39, 0.29) is 0 Å². The second-order valence-corrected chi connectivity index (χ2v) is 12.8. The summed E-state index contributed by atoms with van der Waals surface area (Å²) in [6, 6.07) is 12.1. The number of unbranched alkanes of at least 4 members (excludes halogenated alkanes) is 5. The van der Waals surface area contributed by atoms with E-state index in [0.717, 1.165) is 0 Å². The minimum Gasteiger partial charge on any atom is -0.168 e. The molecule has 0 aromatic heterocycles. The van der Waals surface area contributed by atoms with Gasteiger partial charge in [-0.2, -0.15) is 11.1 Å². The first-order valence-electron chi connectivity index (χ1n) is 7.31. The Morgan fingerprint density at radius 2 is 1.39 bits per heavy atom. The Balaban J connectivity index is 1.90. The van der Waals surface area contributed by atoms with Gasteiger partial charge in [0.25, 0.3) is 0 Å². The molecule has 0 fully saturated rings. The number of benzene rings is 1. The predicted octanol–water partition coefficient (Wildman–Crippen LogP) is 6.01. The van der Waals surface area contributed by atoms with Crippen LogP contribution in [-0.2, 0) is 6.42 Å². The summed E-state index contributed by atoms with van der Waals surface area (Å²) in [5.74, 6) is 0. The van der Waals surface area contributed by atoms with Crippen molar-refractivity contribution in [2.24, 2.45) is 0 Å². The largest absolute Gasteiger partial charge is 0.168 e. The fourth-order valence-electron chi connectivity index (χ4n) is 2.23. The first kappa shape index (κ1) is 15.8. The topological polar surface area (TPSA) is 0 Å². The summed E-state index contributed by atoms with van der Waals surface area (Å²) >= 11 is 6.30. The Morgan fingerprint density at radius 3 is 2.00 bits per heavy atom. The zero-order valence-corrected chi connectivity index (χ0v) is 13.7. The van der Waals surface area contributed by atoms with E-state index in [1.165, 1.54) is 56.6 Å². The van der Waals surface area contributed by atoms with Crippen LogP contribution in [0.25, 0.3) is 0 Å². The van der Waals surface area contributed by atoms with Crippen LogP contribution in [0.1, 0.15) is 44.1 Å². The highest BCUT2D eigenvalue weighted by Gasteiger charge is 2.15. The van der Waals surface area contributed by atoms with Crippen LogP contribution in [0.2, 0.25) is 19.1 Å². The molecule has 0 unspecified atom stereocenters. The molecule has 0 spiro atoms. The smallest absolute Gasteiger partial charge is 0.150 e. The molecule has 1 aromatic carbocycles. The molecule has 102 valence electrons. The van der Waals surface area contributed by atoms with Gasteiger partial charge in [0.15, 0.2) is 0 Å². The van der Waals surface area contributed by atoms with Gasteiger partial charge in [0, 0.05) is 0 Å². The first-order chi connectivity index (χ1) is 8.58. The summed E-state index contributed by atoms with van der Waals surface area (Å²) < 4.78 is 0. The molecule has 0 saturated heterocycles. The van der Waals surface area contributed by atoms with Gasteiger partial charge in [-0.05, 0) is 24.4 Å².